The summed E-state index contributed by atoms with van der Waals surface area (Å²) in [7, 11) is 0. The topological polar surface area (TPSA) is 46.5 Å². The van der Waals surface area contributed by atoms with E-state index in [-0.39, 0.29) is 11.5 Å². The predicted octanol–water partition coefficient (Wildman–Crippen LogP) is 4.34. The molecule has 0 amide bonds. The van der Waals surface area contributed by atoms with Crippen molar-refractivity contribution in [1.29, 1.82) is 0 Å². The molecule has 0 saturated carbocycles. The van der Waals surface area contributed by atoms with Crippen LogP contribution in [-0.4, -0.2) is 17.5 Å². The summed E-state index contributed by atoms with van der Waals surface area (Å²) in [5.74, 6) is 0.370. The molecule has 2 aromatic carbocycles. The maximum atomic E-state index is 12.0. The Bertz CT molecular complexity index is 660. The second-order valence-electron chi connectivity index (χ2n) is 4.36. The van der Waals surface area contributed by atoms with E-state index in [0.29, 0.717) is 22.9 Å². The second kappa shape index (κ2) is 6.95. The highest BCUT2D eigenvalue weighted by molar-refractivity contribution is 6.30. The van der Waals surface area contributed by atoms with Crippen LogP contribution in [0.25, 0.3) is 6.08 Å². The largest absolute Gasteiger partial charge is 0.504 e. The number of hydrogen-bond donors (Lipinski definition) is 1. The lowest BCUT2D eigenvalue weighted by atomic mass is 10.1. The summed E-state index contributed by atoms with van der Waals surface area (Å²) in [6.07, 6.45) is 3.16. The molecule has 0 aliphatic carbocycles. The Labute approximate surface area is 128 Å². The fraction of sp³-hybridized carbons (Fsp3) is 0.118. The van der Waals surface area contributed by atoms with E-state index >= 15 is 0 Å². The van der Waals surface area contributed by atoms with Crippen LogP contribution in [0, 0.1) is 0 Å². The van der Waals surface area contributed by atoms with Gasteiger partial charge in [0.1, 0.15) is 0 Å². The van der Waals surface area contributed by atoms with E-state index in [1.807, 2.05) is 6.92 Å². The van der Waals surface area contributed by atoms with Gasteiger partial charge in [0.05, 0.1) is 6.61 Å². The van der Waals surface area contributed by atoms with Crippen molar-refractivity contribution in [3.8, 4) is 11.5 Å². The Morgan fingerprint density at radius 1 is 1.24 bits per heavy atom. The van der Waals surface area contributed by atoms with Gasteiger partial charge in [0.2, 0.25) is 0 Å². The van der Waals surface area contributed by atoms with Crippen LogP contribution in [0.5, 0.6) is 11.5 Å². The number of carbonyl (C=O) groups is 1. The number of halogens is 1. The number of benzene rings is 2. The lowest BCUT2D eigenvalue weighted by Gasteiger charge is -2.06. The van der Waals surface area contributed by atoms with Gasteiger partial charge in [-0.1, -0.05) is 23.7 Å². The van der Waals surface area contributed by atoms with Crippen LogP contribution in [0.1, 0.15) is 22.8 Å². The Morgan fingerprint density at radius 2 is 1.95 bits per heavy atom. The first-order chi connectivity index (χ1) is 10.1. The van der Waals surface area contributed by atoms with Crippen LogP contribution < -0.4 is 4.74 Å². The molecule has 0 unspecified atom stereocenters. The SMILES string of the molecule is CCOc1cc(/C=C/C(=O)c2ccc(Cl)cc2)ccc1O. The first kappa shape index (κ1) is 15.1. The molecule has 1 N–H and O–H groups in total. The standard InChI is InChI=1S/C17H15ClO3/c1-2-21-17-11-12(4-10-16(17)20)3-9-15(19)13-5-7-14(18)8-6-13/h3-11,20H,2H2,1H3/b9-3+. The maximum Gasteiger partial charge on any atom is 0.185 e. The fourth-order valence-corrected chi connectivity index (χ4v) is 1.91. The van der Waals surface area contributed by atoms with Gasteiger partial charge in [0, 0.05) is 10.6 Å². The molecule has 0 spiro atoms. The summed E-state index contributed by atoms with van der Waals surface area (Å²) in [5.41, 5.74) is 1.35. The van der Waals surface area contributed by atoms with Gasteiger partial charge in [-0.25, -0.2) is 0 Å². The number of phenolic OH excluding ortho intramolecular Hbond substituents is 1. The van der Waals surface area contributed by atoms with Crippen LogP contribution in [-0.2, 0) is 0 Å². The number of phenols is 1. The van der Waals surface area contributed by atoms with E-state index in [1.54, 1.807) is 42.5 Å². The number of ether oxygens (including phenoxy) is 1. The first-order valence-electron chi connectivity index (χ1n) is 6.54. The Kier molecular flexibility index (Phi) is 5.01. The molecule has 0 bridgehead atoms. The van der Waals surface area contributed by atoms with Crippen LogP contribution in [0.2, 0.25) is 5.02 Å². The third kappa shape index (κ3) is 4.10. The molecule has 0 aromatic heterocycles. The number of carbonyl (C=O) groups excluding carboxylic acids is 1. The molecule has 3 nitrogen and oxygen atoms in total. The van der Waals surface area contributed by atoms with E-state index in [4.69, 9.17) is 16.3 Å². The molecule has 0 atom stereocenters. The molecule has 0 fully saturated rings. The molecule has 0 heterocycles. The molecule has 0 radical (unpaired) electrons. The highest BCUT2D eigenvalue weighted by Gasteiger charge is 2.04. The van der Waals surface area contributed by atoms with Gasteiger partial charge in [-0.15, -0.1) is 0 Å². The third-order valence-corrected chi connectivity index (χ3v) is 3.09. The van der Waals surface area contributed by atoms with Crippen molar-refractivity contribution in [2.24, 2.45) is 0 Å². The molecular weight excluding hydrogens is 288 g/mol. The molecule has 0 aliphatic heterocycles. The minimum absolute atomic E-state index is 0.0815. The molecule has 4 heteroatoms. The van der Waals surface area contributed by atoms with Gasteiger partial charge in [0.15, 0.2) is 17.3 Å². The van der Waals surface area contributed by atoms with Crippen molar-refractivity contribution in [1.82, 2.24) is 0 Å². The number of aromatic hydroxyl groups is 1. The van der Waals surface area contributed by atoms with Crippen molar-refractivity contribution in [2.75, 3.05) is 6.61 Å². The molecule has 108 valence electrons. The van der Waals surface area contributed by atoms with Crippen LogP contribution in [0.4, 0.5) is 0 Å². The average Bonchev–Trinajstić information content (AvgIpc) is 2.48. The van der Waals surface area contributed by atoms with Gasteiger partial charge in [0.25, 0.3) is 0 Å². The zero-order chi connectivity index (χ0) is 15.2. The predicted molar refractivity (Wildman–Crippen MR) is 84.1 cm³/mol. The van der Waals surface area contributed by atoms with E-state index in [1.165, 1.54) is 12.1 Å². The molecule has 0 saturated heterocycles. The molecule has 0 aliphatic rings. The monoisotopic (exact) mass is 302 g/mol. The van der Waals surface area contributed by atoms with E-state index < -0.39 is 0 Å². The van der Waals surface area contributed by atoms with Crippen molar-refractivity contribution >= 4 is 23.5 Å². The Hall–Kier alpha value is -2.26. The van der Waals surface area contributed by atoms with Gasteiger partial charge in [-0.05, 0) is 55.0 Å². The number of ketones is 1. The first-order valence-corrected chi connectivity index (χ1v) is 6.91. The summed E-state index contributed by atoms with van der Waals surface area (Å²) in [6, 6.07) is 11.6. The number of hydrogen-bond acceptors (Lipinski definition) is 3. The second-order valence-corrected chi connectivity index (χ2v) is 4.80. The Morgan fingerprint density at radius 3 is 2.62 bits per heavy atom. The van der Waals surface area contributed by atoms with E-state index in [2.05, 4.69) is 0 Å². The van der Waals surface area contributed by atoms with Crippen molar-refractivity contribution in [3.05, 3.63) is 64.7 Å². The van der Waals surface area contributed by atoms with Gasteiger partial charge < -0.3 is 9.84 Å². The van der Waals surface area contributed by atoms with Crippen LogP contribution in [0.3, 0.4) is 0 Å². The summed E-state index contributed by atoms with van der Waals surface area (Å²) in [5, 5.41) is 10.2. The molecule has 2 rings (SSSR count). The van der Waals surface area contributed by atoms with Crippen LogP contribution >= 0.6 is 11.6 Å². The smallest absolute Gasteiger partial charge is 0.185 e. The normalized spacial score (nSPS) is 10.8. The highest BCUT2D eigenvalue weighted by atomic mass is 35.5. The zero-order valence-electron chi connectivity index (χ0n) is 11.5. The summed E-state index contributed by atoms with van der Waals surface area (Å²) < 4.78 is 5.30. The quantitative estimate of drug-likeness (QED) is 0.660. The average molecular weight is 303 g/mol. The van der Waals surface area contributed by atoms with Crippen LogP contribution in [0.15, 0.2) is 48.5 Å². The zero-order valence-corrected chi connectivity index (χ0v) is 12.3. The number of rotatable bonds is 5. The fourth-order valence-electron chi connectivity index (χ4n) is 1.79. The van der Waals surface area contributed by atoms with Gasteiger partial charge in [-0.2, -0.15) is 0 Å². The van der Waals surface area contributed by atoms with Crippen molar-refractivity contribution in [3.63, 3.8) is 0 Å². The minimum Gasteiger partial charge on any atom is -0.504 e. The summed E-state index contributed by atoms with van der Waals surface area (Å²) in [4.78, 5) is 12.0. The Balaban J connectivity index is 2.15. The molecule has 2 aromatic rings. The molecular formula is C17H15ClO3. The van der Waals surface area contributed by atoms with Gasteiger partial charge >= 0.3 is 0 Å². The lowest BCUT2D eigenvalue weighted by Crippen LogP contribution is -1.94. The molecule has 21 heavy (non-hydrogen) atoms. The summed E-state index contributed by atoms with van der Waals surface area (Å²) >= 11 is 5.78. The minimum atomic E-state index is -0.113. The van der Waals surface area contributed by atoms with Crippen molar-refractivity contribution in [2.45, 2.75) is 6.92 Å². The van der Waals surface area contributed by atoms with Crippen molar-refractivity contribution < 1.29 is 14.6 Å². The van der Waals surface area contributed by atoms with E-state index in [0.717, 1.165) is 5.56 Å². The summed E-state index contributed by atoms with van der Waals surface area (Å²) in [6.45, 7) is 2.30. The van der Waals surface area contributed by atoms with E-state index in [9.17, 15) is 9.90 Å². The lowest BCUT2D eigenvalue weighted by molar-refractivity contribution is 0.104. The maximum absolute atomic E-state index is 12.0. The third-order valence-electron chi connectivity index (χ3n) is 2.84. The highest BCUT2D eigenvalue weighted by Crippen LogP contribution is 2.27. The van der Waals surface area contributed by atoms with Gasteiger partial charge in [-0.3, -0.25) is 4.79 Å². The number of allylic oxidation sites excluding steroid dienone is 1.